The van der Waals surface area contributed by atoms with Gasteiger partial charge in [0, 0.05) is 52.0 Å². The van der Waals surface area contributed by atoms with Crippen LogP contribution < -0.4 is 0 Å². The number of ether oxygens (including phenoxy) is 5. The third kappa shape index (κ3) is 17.7. The highest BCUT2D eigenvalue weighted by molar-refractivity contribution is 6.39. The van der Waals surface area contributed by atoms with Crippen LogP contribution >= 0.6 is 0 Å². The molecule has 0 spiro atoms. The number of Topliss-reactive ketones (excluding diaryl/α,β-unsaturated/α-hetero) is 2. The second kappa shape index (κ2) is 29.8. The van der Waals surface area contributed by atoms with Crippen molar-refractivity contribution in [2.45, 2.75) is 174 Å². The Bertz CT molecular complexity index is 2000. The number of hydrogen-bond acceptors (Lipinski definition) is 15. The molecule has 0 aromatic heterocycles. The predicted molar refractivity (Wildman–Crippen MR) is 274 cm³/mol. The third-order valence-electron chi connectivity index (χ3n) is 15.1. The zero-order chi connectivity index (χ0) is 54.8. The Balaban J connectivity index is 1.50. The molecular formula is C56H87NO16. The molecule has 3 rings (SSSR count). The molecule has 2 saturated heterocycles. The van der Waals surface area contributed by atoms with E-state index in [4.69, 9.17) is 23.7 Å². The molecule has 2 aliphatic heterocycles. The van der Waals surface area contributed by atoms with E-state index in [0.29, 0.717) is 56.9 Å². The van der Waals surface area contributed by atoms with Gasteiger partial charge in [-0.05, 0) is 120 Å². The van der Waals surface area contributed by atoms with Crippen molar-refractivity contribution in [3.8, 4) is 0 Å². The van der Waals surface area contributed by atoms with Crippen LogP contribution in [0.4, 0.5) is 0 Å². The molecule has 0 bridgehead atoms. The van der Waals surface area contributed by atoms with Gasteiger partial charge >= 0.3 is 11.9 Å². The third-order valence-corrected chi connectivity index (χ3v) is 15.1. The zero-order valence-corrected chi connectivity index (χ0v) is 45.2. The van der Waals surface area contributed by atoms with Crippen LogP contribution in [0.5, 0.6) is 0 Å². The van der Waals surface area contributed by atoms with E-state index in [-0.39, 0.29) is 48.4 Å². The molecule has 3 fully saturated rings. The number of methoxy groups -OCH3 is 3. The second-order valence-corrected chi connectivity index (χ2v) is 21.3. The molecule has 0 aromatic rings. The van der Waals surface area contributed by atoms with Crippen LogP contribution in [-0.4, -0.2) is 155 Å². The maximum Gasteiger partial charge on any atom is 0.326 e. The first-order chi connectivity index (χ1) is 34.4. The van der Waals surface area contributed by atoms with Crippen LogP contribution in [-0.2, 0) is 52.5 Å². The Hall–Kier alpha value is -4.20. The highest BCUT2D eigenvalue weighted by Gasteiger charge is 2.53. The Labute approximate surface area is 433 Å². The number of likely N-dealkylation sites (tertiary alicyclic amines) is 1. The quantitative estimate of drug-likeness (QED) is 0.0197. The number of aliphatic carboxylic acids is 1. The average molecular weight is 1030 g/mol. The molecular weight excluding hydrogens is 943 g/mol. The summed E-state index contributed by atoms with van der Waals surface area (Å²) in [4.78, 5) is 79.0. The lowest BCUT2D eigenvalue weighted by molar-refractivity contribution is -0.265. The number of hydrogen-bond donors (Lipinski definition) is 5. The van der Waals surface area contributed by atoms with E-state index in [9.17, 15) is 54.3 Å². The molecule has 0 unspecified atom stereocenters. The highest BCUT2D eigenvalue weighted by Crippen LogP contribution is 2.37. The molecule has 17 heteroatoms. The number of piperidine rings is 1. The molecule has 17 nitrogen and oxygen atoms in total. The van der Waals surface area contributed by atoms with Gasteiger partial charge in [-0.1, -0.05) is 77.2 Å². The number of rotatable bonds is 28. The number of amides is 1. The molecule has 1 aliphatic carbocycles. The first-order valence-corrected chi connectivity index (χ1v) is 26.0. The monoisotopic (exact) mass is 1030 g/mol. The smallest absolute Gasteiger partial charge is 0.326 e. The molecule has 2 heterocycles. The van der Waals surface area contributed by atoms with Crippen molar-refractivity contribution in [1.82, 2.24) is 4.90 Å². The van der Waals surface area contributed by atoms with Crippen molar-refractivity contribution in [3.63, 3.8) is 0 Å². The molecule has 14 atom stereocenters. The van der Waals surface area contributed by atoms with Gasteiger partial charge in [0.15, 0.2) is 11.6 Å². The topological polar surface area (TPSA) is 253 Å². The number of aliphatic hydroxyl groups is 4. The van der Waals surface area contributed by atoms with Crippen molar-refractivity contribution < 1.29 is 78.0 Å². The Morgan fingerprint density at radius 3 is 2.14 bits per heavy atom. The normalized spacial score (nSPS) is 27.6. The van der Waals surface area contributed by atoms with E-state index in [1.807, 2.05) is 57.2 Å². The fourth-order valence-electron chi connectivity index (χ4n) is 10.1. The van der Waals surface area contributed by atoms with Crippen molar-refractivity contribution in [2.24, 2.45) is 40.9 Å². The van der Waals surface area contributed by atoms with Crippen LogP contribution in [0.2, 0.25) is 0 Å². The lowest BCUT2D eigenvalue weighted by Gasteiger charge is -2.42. The van der Waals surface area contributed by atoms with E-state index < -0.39 is 102 Å². The maximum atomic E-state index is 13.6. The number of aliphatic hydroxyl groups excluding tert-OH is 3. The number of carboxylic acid groups (broad SMARTS) is 1. The molecule has 3 aliphatic rings. The van der Waals surface area contributed by atoms with Gasteiger partial charge in [-0.15, -0.1) is 0 Å². The molecule has 5 N–H and O–H groups in total. The van der Waals surface area contributed by atoms with E-state index in [0.717, 1.165) is 23.3 Å². The minimum atomic E-state index is -2.39. The summed E-state index contributed by atoms with van der Waals surface area (Å²) in [5.74, 6) is -8.24. The van der Waals surface area contributed by atoms with Gasteiger partial charge < -0.3 is 54.1 Å². The fraction of sp³-hybridized carbons (Fsp3) is 0.714. The van der Waals surface area contributed by atoms with E-state index in [1.165, 1.54) is 14.0 Å². The summed E-state index contributed by atoms with van der Waals surface area (Å²) < 4.78 is 28.6. The van der Waals surface area contributed by atoms with Gasteiger partial charge in [-0.25, -0.2) is 4.79 Å². The number of carboxylic acids is 1. The van der Waals surface area contributed by atoms with Crippen LogP contribution in [0, 0.1) is 40.9 Å². The van der Waals surface area contributed by atoms with Crippen LogP contribution in [0.3, 0.4) is 0 Å². The number of allylic oxidation sites excluding steroid dienone is 8. The van der Waals surface area contributed by atoms with Crippen LogP contribution in [0.15, 0.2) is 59.8 Å². The summed E-state index contributed by atoms with van der Waals surface area (Å²) in [6, 6.07) is -1.13. The highest BCUT2D eigenvalue weighted by atomic mass is 16.6. The van der Waals surface area contributed by atoms with Gasteiger partial charge in [-0.2, -0.15) is 0 Å². The SMILES string of the molecule is CO[C@@H](C[C@@H]1CC[C@@H](C)[C@](O)(C(=O)C(=O)N2CCCC[C@H]2C(=O)O)O1)/C(C)=C/C=C/C=C/[C@@H](C)C[C@@H](C)C(=O)[C@H](OC)[C@@H](O)/C(C)=C/[C@@H](C)C(=O)/C=C/[C@H](C)C[C@@H]1CC[C@@H](OC(=O)C(C)(CO)CO)[C@H](OC)C1. The Morgan fingerprint density at radius 1 is 0.836 bits per heavy atom. The summed E-state index contributed by atoms with van der Waals surface area (Å²) in [5.41, 5.74) is -0.0889. The second-order valence-electron chi connectivity index (χ2n) is 21.3. The number of carbonyl (C=O) groups is 6. The van der Waals surface area contributed by atoms with Gasteiger partial charge in [0.2, 0.25) is 5.79 Å². The molecule has 1 saturated carbocycles. The van der Waals surface area contributed by atoms with Gasteiger partial charge in [0.1, 0.15) is 29.8 Å². The average Bonchev–Trinajstić information content (AvgIpc) is 3.37. The Morgan fingerprint density at radius 2 is 1.52 bits per heavy atom. The molecule has 412 valence electrons. The van der Waals surface area contributed by atoms with Crippen molar-refractivity contribution in [1.29, 1.82) is 0 Å². The maximum absolute atomic E-state index is 13.6. The van der Waals surface area contributed by atoms with Crippen LogP contribution in [0.1, 0.15) is 126 Å². The zero-order valence-electron chi connectivity index (χ0n) is 45.2. The minimum Gasteiger partial charge on any atom is -0.480 e. The van der Waals surface area contributed by atoms with Crippen molar-refractivity contribution in [3.05, 3.63) is 59.8 Å². The number of carbonyl (C=O) groups excluding carboxylic acids is 5. The van der Waals surface area contributed by atoms with E-state index in [2.05, 4.69) is 0 Å². The van der Waals surface area contributed by atoms with Gasteiger partial charge in [0.25, 0.3) is 11.7 Å². The summed E-state index contributed by atoms with van der Waals surface area (Å²) in [6.45, 7) is 13.3. The van der Waals surface area contributed by atoms with E-state index in [1.54, 1.807) is 54.1 Å². The number of esters is 1. The predicted octanol–water partition coefficient (Wildman–Crippen LogP) is 6.05. The summed E-state index contributed by atoms with van der Waals surface area (Å²) in [6.07, 6.45) is 16.2. The lowest BCUT2D eigenvalue weighted by atomic mass is 9.80. The minimum absolute atomic E-state index is 0.00893. The van der Waals surface area contributed by atoms with Gasteiger partial charge in [0.05, 0.1) is 31.5 Å². The standard InChI is InChI=1S/C56H87NO16/c1-34(17-13-12-14-18-36(3)46(69-9)31-42-23-21-40(7)56(68,73-42)51(63)52(64)57-26-16-15-19-43(57)53(65)66)27-38(5)48(61)50(71-11)49(62)39(6)29-37(4)44(60)24-20-35(2)28-41-22-25-45(47(30-41)70-10)72-54(67)55(8,32-58)33-59/h12-14,17-18,20,24,29,34-35,37-38,40-43,45-47,49-50,58-59,62,68H,15-16,19,21-23,25-28,30-33H2,1-11H3,(H,65,66)/b14-12+,17-13+,24-20+,36-18+,39-29+/t34-,35+,37-,38-,40-,41+,42+,43+,45-,46+,47-,49+,50+,56-/m1/s1. The number of ketones is 3. The largest absolute Gasteiger partial charge is 0.480 e. The lowest BCUT2D eigenvalue weighted by Crippen LogP contribution is -2.60. The van der Waals surface area contributed by atoms with Gasteiger partial charge in [-0.3, -0.25) is 24.0 Å². The molecule has 0 aromatic carbocycles. The first-order valence-electron chi connectivity index (χ1n) is 26.0. The summed E-state index contributed by atoms with van der Waals surface area (Å²) in [7, 11) is 4.49. The van der Waals surface area contributed by atoms with E-state index >= 15 is 0 Å². The number of nitrogens with zero attached hydrogens (tertiary/aromatic N) is 1. The van der Waals surface area contributed by atoms with Crippen molar-refractivity contribution >= 4 is 35.2 Å². The summed E-state index contributed by atoms with van der Waals surface area (Å²) >= 11 is 0. The Kier molecular flexibility index (Phi) is 25.7. The fourth-order valence-corrected chi connectivity index (χ4v) is 10.1. The molecule has 0 radical (unpaired) electrons. The van der Waals surface area contributed by atoms with Crippen molar-refractivity contribution in [2.75, 3.05) is 41.1 Å². The molecule has 73 heavy (non-hydrogen) atoms. The molecule has 1 amide bonds. The van der Waals surface area contributed by atoms with Crippen LogP contribution in [0.25, 0.3) is 0 Å². The summed E-state index contributed by atoms with van der Waals surface area (Å²) in [5, 5.41) is 51.6. The first kappa shape index (κ1) is 63.1.